The van der Waals surface area contributed by atoms with Crippen molar-refractivity contribution in [2.24, 2.45) is 33.7 Å². The number of fused-ring (bicyclic) bond motifs is 5. The quantitative estimate of drug-likeness (QED) is 0.0975. The van der Waals surface area contributed by atoms with E-state index >= 15 is 0 Å². The molecule has 2 amide bonds. The maximum Gasteiger partial charge on any atom is 0.425 e. The first-order valence-electron chi connectivity index (χ1n) is 20.8. The molecule has 6 rings (SSSR count). The second kappa shape index (κ2) is 17.0. The van der Waals surface area contributed by atoms with Crippen molar-refractivity contribution in [3.05, 3.63) is 29.3 Å². The summed E-state index contributed by atoms with van der Waals surface area (Å²) in [5.74, 6) is 1.85. The lowest BCUT2D eigenvalue weighted by Gasteiger charge is -2.52. The van der Waals surface area contributed by atoms with Crippen LogP contribution < -0.4 is 4.74 Å². The first-order chi connectivity index (χ1) is 26.7. The van der Waals surface area contributed by atoms with E-state index in [-0.39, 0.29) is 47.7 Å². The summed E-state index contributed by atoms with van der Waals surface area (Å²) in [6, 6.07) is 6.19. The van der Waals surface area contributed by atoms with Crippen molar-refractivity contribution in [3.8, 4) is 5.75 Å². The van der Waals surface area contributed by atoms with Gasteiger partial charge < -0.3 is 24.5 Å². The van der Waals surface area contributed by atoms with E-state index < -0.39 is 33.6 Å². The van der Waals surface area contributed by atoms with Crippen molar-refractivity contribution in [3.63, 3.8) is 0 Å². The number of hydrogen-bond acceptors (Lipinski definition) is 7. The van der Waals surface area contributed by atoms with Crippen LogP contribution in [0.1, 0.15) is 122 Å². The van der Waals surface area contributed by atoms with E-state index in [0.717, 1.165) is 50.7 Å². The van der Waals surface area contributed by atoms with Crippen LogP contribution in [0, 0.1) is 28.6 Å². The summed E-state index contributed by atoms with van der Waals surface area (Å²) < 4.78 is 77.4. The number of nitrogens with zero attached hydrogens (tertiary/aromatic N) is 3. The Kier molecular flexibility index (Phi) is 13.2. The normalized spacial score (nSPS) is 29.7. The standard InChI is InChI=1S/C42H62F4N3O6PS/c1-38(2,26-39(3,4)57(53)22-6-15-41(43,56)42(44,45)46)16-11-27-23-28-24-30(55-37(51)48-18-13-29(14-19-48)49-20-21-54-25-35(49)50)7-8-31(28)32-12-17-40(5)33(36(27)32)9-10-34(40)47-52/h7-8,24,27,29,32-33,36,52H,6,9-23,25-26,56H2,1-5H3/b47-34-/t27-,32?,33+,36-,40+,41?,57?/m1/s1. The zero-order valence-electron chi connectivity index (χ0n) is 34.2. The molecule has 4 unspecified atom stereocenters. The Morgan fingerprint density at radius 2 is 1.81 bits per heavy atom. The molecule has 0 aromatic heterocycles. The minimum atomic E-state index is -4.99. The van der Waals surface area contributed by atoms with Gasteiger partial charge in [0, 0.05) is 52.4 Å². The van der Waals surface area contributed by atoms with Crippen LogP contribution in [0.3, 0.4) is 0 Å². The van der Waals surface area contributed by atoms with Gasteiger partial charge in [-0.15, -0.1) is 0 Å². The number of benzene rings is 1. The van der Waals surface area contributed by atoms with Crippen molar-refractivity contribution < 1.29 is 46.0 Å². The van der Waals surface area contributed by atoms with E-state index in [1.807, 2.05) is 30.9 Å². The average molecular weight is 844 g/mol. The van der Waals surface area contributed by atoms with Gasteiger partial charge in [0.1, 0.15) is 12.4 Å². The van der Waals surface area contributed by atoms with Crippen LogP contribution in [-0.4, -0.2) is 97.9 Å². The Morgan fingerprint density at radius 3 is 2.47 bits per heavy atom. The fourth-order valence-corrected chi connectivity index (χ4v) is 13.0. The summed E-state index contributed by atoms with van der Waals surface area (Å²) in [5, 5.41) is 10.4. The Balaban J connectivity index is 1.13. The minimum Gasteiger partial charge on any atom is -0.411 e. The molecule has 2 aliphatic heterocycles. The van der Waals surface area contributed by atoms with Crippen molar-refractivity contribution in [2.75, 3.05) is 38.6 Å². The first kappa shape index (κ1) is 44.2. The number of rotatable bonds is 12. The van der Waals surface area contributed by atoms with Crippen LogP contribution in [-0.2, 0) is 26.8 Å². The van der Waals surface area contributed by atoms with Crippen molar-refractivity contribution in [2.45, 2.75) is 140 Å². The molecule has 320 valence electrons. The van der Waals surface area contributed by atoms with Gasteiger partial charge >= 0.3 is 12.3 Å². The third-order valence-electron chi connectivity index (χ3n) is 14.2. The first-order valence-corrected chi connectivity index (χ1v) is 22.7. The van der Waals surface area contributed by atoms with Gasteiger partial charge in [-0.05, 0) is 143 Å². The topological polar surface area (TPSA) is 109 Å². The molecule has 1 aromatic rings. The molecule has 2 saturated carbocycles. The Morgan fingerprint density at radius 1 is 1.09 bits per heavy atom. The fraction of sp³-hybridized carbons (Fsp3) is 0.786. The predicted octanol–water partition coefficient (Wildman–Crippen LogP) is 9.03. The van der Waals surface area contributed by atoms with Crippen LogP contribution in [0.15, 0.2) is 23.4 Å². The van der Waals surface area contributed by atoms with E-state index in [4.69, 9.17) is 9.47 Å². The number of piperidine rings is 1. The SMILES string of the molecule is CC(C)(CC[C@@H]1Cc2cc(OC(=O)N3CCC(N4CCOCC4=O)CC3)ccc2C2CC[C@]3(C)/C(=N\O)CC[C@H]3[C@@H]21)CC(C)(C)S(=O)CCCC(F)(P)C(F)(F)F. The number of morpholine rings is 1. The molecule has 57 heavy (non-hydrogen) atoms. The summed E-state index contributed by atoms with van der Waals surface area (Å²) in [6.07, 6.45) is 1.92. The van der Waals surface area contributed by atoms with Gasteiger partial charge in [0.25, 0.3) is 0 Å². The number of carbonyl (C=O) groups is 2. The number of ether oxygens (including phenoxy) is 2. The van der Waals surface area contributed by atoms with Gasteiger partial charge in [-0.25, -0.2) is 9.18 Å². The summed E-state index contributed by atoms with van der Waals surface area (Å²) >= 11 is 0. The van der Waals surface area contributed by atoms with Crippen LogP contribution >= 0.6 is 9.24 Å². The molecular formula is C42H62F4N3O6PS. The molecule has 0 spiro atoms. The highest BCUT2D eigenvalue weighted by molar-refractivity contribution is 7.86. The molecule has 3 aliphatic carbocycles. The monoisotopic (exact) mass is 843 g/mol. The Hall–Kier alpha value is -2.31. The lowest BCUT2D eigenvalue weighted by Crippen LogP contribution is -2.52. The fourth-order valence-electron chi connectivity index (χ4n) is 11.3. The second-order valence-corrected chi connectivity index (χ2v) is 22.2. The molecule has 1 aromatic carbocycles. The van der Waals surface area contributed by atoms with Gasteiger partial charge in [0.15, 0.2) is 0 Å². The van der Waals surface area contributed by atoms with Crippen LogP contribution in [0.5, 0.6) is 5.75 Å². The van der Waals surface area contributed by atoms with E-state index in [9.17, 15) is 36.6 Å². The van der Waals surface area contributed by atoms with E-state index in [0.29, 0.717) is 74.9 Å². The van der Waals surface area contributed by atoms with Gasteiger partial charge in [0.2, 0.25) is 11.3 Å². The molecule has 2 heterocycles. The largest absolute Gasteiger partial charge is 0.425 e. The Labute approximate surface area is 340 Å². The van der Waals surface area contributed by atoms with Gasteiger partial charge in [-0.1, -0.05) is 41.2 Å². The smallest absolute Gasteiger partial charge is 0.411 e. The molecule has 5 aliphatic rings. The summed E-state index contributed by atoms with van der Waals surface area (Å²) in [6.45, 7) is 12.6. The van der Waals surface area contributed by atoms with Gasteiger partial charge in [-0.2, -0.15) is 13.2 Å². The van der Waals surface area contributed by atoms with Crippen LogP contribution in [0.2, 0.25) is 0 Å². The molecule has 9 nitrogen and oxygen atoms in total. The molecule has 2 saturated heterocycles. The van der Waals surface area contributed by atoms with Crippen LogP contribution in [0.25, 0.3) is 0 Å². The minimum absolute atomic E-state index is 0.00182. The zero-order chi connectivity index (χ0) is 41.6. The highest BCUT2D eigenvalue weighted by Gasteiger charge is 2.56. The lowest BCUT2D eigenvalue weighted by molar-refractivity contribution is -0.197. The molecule has 8 atom stereocenters. The molecule has 0 radical (unpaired) electrons. The van der Waals surface area contributed by atoms with Crippen LogP contribution in [0.4, 0.5) is 22.4 Å². The average Bonchev–Trinajstić information content (AvgIpc) is 3.49. The second-order valence-electron chi connectivity index (χ2n) is 19.0. The summed E-state index contributed by atoms with van der Waals surface area (Å²) in [4.78, 5) is 29.4. The number of amides is 2. The number of oxime groups is 1. The van der Waals surface area contributed by atoms with Crippen molar-refractivity contribution >= 4 is 37.8 Å². The third-order valence-corrected chi connectivity index (χ3v) is 16.8. The third kappa shape index (κ3) is 9.53. The summed E-state index contributed by atoms with van der Waals surface area (Å²) in [7, 11) is -0.188. The highest BCUT2D eigenvalue weighted by Crippen LogP contribution is 2.62. The maximum absolute atomic E-state index is 14.2. The lowest BCUT2D eigenvalue weighted by atomic mass is 9.52. The van der Waals surface area contributed by atoms with E-state index in [1.165, 1.54) is 20.4 Å². The molecular weight excluding hydrogens is 782 g/mol. The Bertz CT molecular complexity index is 1700. The maximum atomic E-state index is 14.2. The number of carbonyl (C=O) groups excluding carboxylic acids is 2. The zero-order valence-corrected chi connectivity index (χ0v) is 36.1. The van der Waals surface area contributed by atoms with E-state index in [2.05, 4.69) is 32.0 Å². The number of likely N-dealkylation sites (tertiary alicyclic amines) is 1. The van der Waals surface area contributed by atoms with Crippen molar-refractivity contribution in [1.82, 2.24) is 9.80 Å². The van der Waals surface area contributed by atoms with Crippen molar-refractivity contribution in [1.29, 1.82) is 0 Å². The number of halogens is 4. The van der Waals surface area contributed by atoms with E-state index in [1.54, 1.807) is 4.90 Å². The molecule has 1 N–H and O–H groups in total. The number of alkyl halides is 4. The van der Waals surface area contributed by atoms with Gasteiger partial charge in [0.05, 0.1) is 12.3 Å². The predicted molar refractivity (Wildman–Crippen MR) is 216 cm³/mol. The highest BCUT2D eigenvalue weighted by atomic mass is 32.2. The molecule has 4 fully saturated rings. The molecule has 15 heteroatoms. The summed E-state index contributed by atoms with van der Waals surface area (Å²) in [5.41, 5.74) is 2.97. The molecule has 0 bridgehead atoms. The van der Waals surface area contributed by atoms with Gasteiger partial charge in [-0.3, -0.25) is 9.00 Å². The number of hydrogen-bond donors (Lipinski definition) is 1.